The molecule has 188 valence electrons. The Morgan fingerprint density at radius 1 is 0.778 bits per heavy atom. The third-order valence-electron chi connectivity index (χ3n) is 7.94. The normalized spacial score (nSPS) is 18.5. The van der Waals surface area contributed by atoms with E-state index in [0.717, 1.165) is 47.8 Å². The molecular formula is C31H29F5. The molecule has 3 aromatic carbocycles. The second kappa shape index (κ2) is 10.2. The van der Waals surface area contributed by atoms with Crippen molar-refractivity contribution in [3.8, 4) is 23.0 Å². The highest BCUT2D eigenvalue weighted by Crippen LogP contribution is 2.36. The lowest BCUT2D eigenvalue weighted by Gasteiger charge is -2.28. The summed E-state index contributed by atoms with van der Waals surface area (Å²) < 4.78 is 66.4. The molecule has 0 bridgehead atoms. The Labute approximate surface area is 208 Å². The van der Waals surface area contributed by atoms with Crippen LogP contribution in [0.25, 0.3) is 21.9 Å². The van der Waals surface area contributed by atoms with E-state index >= 15 is 0 Å². The van der Waals surface area contributed by atoms with Crippen LogP contribution in [0.5, 0.6) is 0 Å². The summed E-state index contributed by atoms with van der Waals surface area (Å²) in [5.41, 5.74) is 3.65. The van der Waals surface area contributed by atoms with Crippen molar-refractivity contribution in [2.75, 3.05) is 0 Å². The number of hydrogen-bond donors (Lipinski definition) is 0. The summed E-state index contributed by atoms with van der Waals surface area (Å²) >= 11 is 0. The second-order valence-corrected chi connectivity index (χ2v) is 10.4. The van der Waals surface area contributed by atoms with Gasteiger partial charge in [-0.05, 0) is 77.3 Å². The van der Waals surface area contributed by atoms with E-state index in [-0.39, 0.29) is 5.39 Å². The number of aryl methyl sites for hydroxylation is 1. The molecule has 2 aliphatic rings. The highest BCUT2D eigenvalue weighted by Gasteiger charge is 2.24. The van der Waals surface area contributed by atoms with E-state index in [9.17, 15) is 22.0 Å². The van der Waals surface area contributed by atoms with E-state index < -0.39 is 23.4 Å². The minimum atomic E-state index is -4.82. The summed E-state index contributed by atoms with van der Waals surface area (Å²) in [5.74, 6) is 2.03. The molecule has 0 aromatic heterocycles. The molecule has 0 amide bonds. The van der Waals surface area contributed by atoms with Gasteiger partial charge < -0.3 is 0 Å². The topological polar surface area (TPSA) is 0 Å². The molecule has 1 fully saturated rings. The van der Waals surface area contributed by atoms with Crippen molar-refractivity contribution < 1.29 is 22.0 Å². The predicted molar refractivity (Wildman–Crippen MR) is 134 cm³/mol. The van der Waals surface area contributed by atoms with Crippen LogP contribution >= 0.6 is 0 Å². The fourth-order valence-corrected chi connectivity index (χ4v) is 5.96. The number of rotatable bonds is 4. The Kier molecular flexibility index (Phi) is 7.06. The quantitative estimate of drug-likeness (QED) is 0.250. The Hall–Kier alpha value is -2.87. The van der Waals surface area contributed by atoms with Gasteiger partial charge in [0.2, 0.25) is 0 Å². The lowest BCUT2D eigenvalue weighted by Crippen LogP contribution is -2.16. The maximum absolute atomic E-state index is 14.8. The number of fused-ring (bicyclic) bond motifs is 2. The van der Waals surface area contributed by atoms with Crippen LogP contribution in [0.2, 0.25) is 0 Å². The molecule has 0 heterocycles. The first kappa shape index (κ1) is 24.8. The van der Waals surface area contributed by atoms with E-state index in [2.05, 4.69) is 18.2 Å². The maximum Gasteiger partial charge on any atom is 0.458 e. The smallest absolute Gasteiger partial charge is 0.205 e. The van der Waals surface area contributed by atoms with Gasteiger partial charge in [0.15, 0.2) is 0 Å². The Morgan fingerprint density at radius 2 is 1.50 bits per heavy atom. The maximum atomic E-state index is 14.8. The minimum Gasteiger partial charge on any atom is -0.205 e. The van der Waals surface area contributed by atoms with E-state index in [4.69, 9.17) is 0 Å². The molecule has 5 rings (SSSR count). The monoisotopic (exact) mass is 496 g/mol. The van der Waals surface area contributed by atoms with Crippen molar-refractivity contribution >= 4 is 10.8 Å². The lowest BCUT2D eigenvalue weighted by atomic mass is 9.78. The fourth-order valence-electron chi connectivity index (χ4n) is 5.96. The lowest BCUT2D eigenvalue weighted by molar-refractivity contribution is -0.0696. The van der Waals surface area contributed by atoms with Crippen molar-refractivity contribution in [1.29, 1.82) is 0 Å². The molecule has 1 atom stereocenters. The Morgan fingerprint density at radius 3 is 2.28 bits per heavy atom. The molecule has 0 aliphatic heterocycles. The third kappa shape index (κ3) is 5.59. The van der Waals surface area contributed by atoms with Crippen LogP contribution < -0.4 is 0 Å². The fraction of sp³-hybridized carbons (Fsp3) is 0.419. The van der Waals surface area contributed by atoms with Crippen LogP contribution in [-0.4, -0.2) is 6.18 Å². The molecule has 0 saturated heterocycles. The zero-order valence-corrected chi connectivity index (χ0v) is 20.2. The van der Waals surface area contributed by atoms with Gasteiger partial charge in [-0.1, -0.05) is 74.8 Å². The van der Waals surface area contributed by atoms with Crippen LogP contribution in [0.15, 0.2) is 42.5 Å². The molecule has 0 spiro atoms. The van der Waals surface area contributed by atoms with Crippen molar-refractivity contribution in [2.45, 2.75) is 70.4 Å². The first-order valence-corrected chi connectivity index (χ1v) is 12.9. The summed E-state index contributed by atoms with van der Waals surface area (Å²) in [6.45, 7) is 0. The summed E-state index contributed by atoms with van der Waals surface area (Å²) in [5, 5.41) is 0.339. The number of benzene rings is 3. The molecule has 0 radical (unpaired) electrons. The van der Waals surface area contributed by atoms with Crippen LogP contribution in [0.4, 0.5) is 22.0 Å². The van der Waals surface area contributed by atoms with Crippen LogP contribution in [-0.2, 0) is 12.8 Å². The number of hydrogen-bond acceptors (Lipinski definition) is 0. The van der Waals surface area contributed by atoms with Gasteiger partial charge in [0.05, 0.1) is 5.56 Å². The van der Waals surface area contributed by atoms with E-state index in [0.29, 0.717) is 5.39 Å². The van der Waals surface area contributed by atoms with E-state index in [1.165, 1.54) is 68.6 Å². The van der Waals surface area contributed by atoms with E-state index in [1.807, 2.05) is 0 Å². The van der Waals surface area contributed by atoms with Gasteiger partial charge in [0.1, 0.15) is 11.6 Å². The zero-order chi connectivity index (χ0) is 25.3. The van der Waals surface area contributed by atoms with Crippen molar-refractivity contribution in [1.82, 2.24) is 0 Å². The molecule has 1 saturated carbocycles. The summed E-state index contributed by atoms with van der Waals surface area (Å²) in [6.07, 6.45) is 8.16. The molecule has 3 aromatic rings. The van der Waals surface area contributed by atoms with Gasteiger partial charge in [0.25, 0.3) is 0 Å². The molecular weight excluding hydrogens is 467 g/mol. The average Bonchev–Trinajstić information content (AvgIpc) is 2.86. The number of halogens is 5. The molecule has 0 N–H and O–H groups in total. The second-order valence-electron chi connectivity index (χ2n) is 10.4. The molecule has 2 aliphatic carbocycles. The molecule has 0 nitrogen and oxygen atoms in total. The Balaban J connectivity index is 1.34. The number of alkyl halides is 3. The van der Waals surface area contributed by atoms with Gasteiger partial charge in [-0.3, -0.25) is 0 Å². The summed E-state index contributed by atoms with van der Waals surface area (Å²) in [7, 11) is 0. The first-order chi connectivity index (χ1) is 17.3. The third-order valence-corrected chi connectivity index (χ3v) is 7.94. The van der Waals surface area contributed by atoms with E-state index in [1.54, 1.807) is 18.1 Å². The van der Waals surface area contributed by atoms with Gasteiger partial charge >= 0.3 is 6.18 Å². The molecule has 5 heteroatoms. The zero-order valence-electron chi connectivity index (χ0n) is 20.2. The van der Waals surface area contributed by atoms with Gasteiger partial charge in [-0.15, -0.1) is 0 Å². The SMILES string of the molecule is Fc1cc2cc(-c3ccc4c(c3)CCC(CCC3CCCCC3)C4)ccc2c(F)c1C#CC(F)(F)F. The van der Waals surface area contributed by atoms with Gasteiger partial charge in [0, 0.05) is 11.3 Å². The van der Waals surface area contributed by atoms with Gasteiger partial charge in [-0.25, -0.2) is 8.78 Å². The van der Waals surface area contributed by atoms with Crippen molar-refractivity contribution in [3.05, 3.63) is 70.8 Å². The van der Waals surface area contributed by atoms with Crippen LogP contribution in [0.3, 0.4) is 0 Å². The largest absolute Gasteiger partial charge is 0.458 e. The summed E-state index contributed by atoms with van der Waals surface area (Å²) in [6, 6.07) is 12.3. The van der Waals surface area contributed by atoms with Gasteiger partial charge in [-0.2, -0.15) is 13.2 Å². The van der Waals surface area contributed by atoms with Crippen LogP contribution in [0.1, 0.15) is 68.1 Å². The standard InChI is InChI=1S/C31H29F5/c32-29-19-26-18-25(12-13-27(26)30(33)28(29)14-15-31(34,35)36)24-11-10-22-16-21(8-9-23(22)17-24)7-6-20-4-2-1-3-5-20/h10-13,17-21H,1-9,16H2. The van der Waals surface area contributed by atoms with Crippen molar-refractivity contribution in [2.24, 2.45) is 11.8 Å². The average molecular weight is 497 g/mol. The Bertz CT molecular complexity index is 1320. The molecule has 36 heavy (non-hydrogen) atoms. The minimum absolute atomic E-state index is 0.0467. The van der Waals surface area contributed by atoms with Crippen molar-refractivity contribution in [3.63, 3.8) is 0 Å². The first-order valence-electron chi connectivity index (χ1n) is 12.9. The summed E-state index contributed by atoms with van der Waals surface area (Å²) in [4.78, 5) is 0. The predicted octanol–water partition coefficient (Wildman–Crippen LogP) is 9.16. The van der Waals surface area contributed by atoms with Crippen LogP contribution in [0, 0.1) is 35.3 Å². The highest BCUT2D eigenvalue weighted by atomic mass is 19.4. The highest BCUT2D eigenvalue weighted by molar-refractivity contribution is 5.89. The molecule has 1 unspecified atom stereocenters.